The van der Waals surface area contributed by atoms with E-state index >= 15 is 0 Å². The van der Waals surface area contributed by atoms with Gasteiger partial charge in [0.05, 0.1) is 52.1 Å². The van der Waals surface area contributed by atoms with E-state index in [0.29, 0.717) is 0 Å². The molecular weight excluding hydrogens is 1160 g/mol. The van der Waals surface area contributed by atoms with Gasteiger partial charge < -0.3 is 72.2 Å². The topological polar surface area (TPSA) is 107 Å². The highest BCUT2D eigenvalue weighted by Gasteiger charge is 2.20. The Morgan fingerprint density at radius 2 is 0.833 bits per heavy atom. The molecule has 6 aliphatic heterocycles. The third kappa shape index (κ3) is 36.4. The first-order valence-corrected chi connectivity index (χ1v) is 28.6. The zero-order chi connectivity index (χ0) is 57.0. The van der Waals surface area contributed by atoms with Crippen LogP contribution in [0.4, 0.5) is 0 Å². The van der Waals surface area contributed by atoms with Crippen molar-refractivity contribution in [3.8, 4) is 11.9 Å². The third-order valence-electron chi connectivity index (χ3n) is 14.3. The summed E-state index contributed by atoms with van der Waals surface area (Å²) in [4.78, 5) is 31.5. The average Bonchev–Trinajstić information content (AvgIpc) is 4.41. The Bertz CT molecular complexity index is 2280. The number of aliphatic imine (C=N–C) groups is 1. The minimum Gasteiger partial charge on any atom is -1.00 e. The molecule has 0 atom stereocenters. The molecule has 4 aromatic rings. The van der Waals surface area contributed by atoms with Crippen LogP contribution >= 0.6 is 0 Å². The molecule has 0 spiro atoms. The molecule has 84 heavy (non-hydrogen) atoms. The van der Waals surface area contributed by atoms with Crippen LogP contribution in [-0.4, -0.2) is 246 Å². The molecule has 1 N–H and O–H groups in total. The molecule has 4 aromatic carbocycles. The van der Waals surface area contributed by atoms with Crippen LogP contribution in [0.1, 0.15) is 47.6 Å². The van der Waals surface area contributed by atoms with Gasteiger partial charge in [-0.15, -0.1) is 6.58 Å². The van der Waals surface area contributed by atoms with E-state index in [9.17, 15) is 0 Å². The number of halogens is 5. The van der Waals surface area contributed by atoms with Gasteiger partial charge in [0, 0.05) is 111 Å². The number of likely N-dealkylation sites (N-methyl/N-ethyl adjacent to an activating group) is 6. The van der Waals surface area contributed by atoms with Gasteiger partial charge in [0.2, 0.25) is 0 Å². The highest BCUT2D eigenvalue weighted by atomic mass is 35.5. The van der Waals surface area contributed by atoms with Crippen LogP contribution in [-0.2, 0) is 26.2 Å². The van der Waals surface area contributed by atoms with Crippen molar-refractivity contribution in [3.05, 3.63) is 155 Å². The van der Waals surface area contributed by atoms with E-state index in [1.807, 2.05) is 18.2 Å². The number of methoxy groups -OCH3 is 1. The predicted molar refractivity (Wildman–Crippen MR) is 328 cm³/mol. The average molecular weight is 1260 g/mol. The highest BCUT2D eigenvalue weighted by molar-refractivity contribution is 5.46. The van der Waals surface area contributed by atoms with Gasteiger partial charge in [-0.2, -0.15) is 0 Å². The third-order valence-corrected chi connectivity index (χ3v) is 14.3. The number of nitrogens with one attached hydrogen (secondary N) is 1. The molecule has 0 radical (unpaired) electrons. The molecule has 0 amide bonds. The van der Waals surface area contributed by atoms with Crippen molar-refractivity contribution in [3.63, 3.8) is 0 Å². The number of hydrogen-bond donors (Lipinski definition) is 1. The summed E-state index contributed by atoms with van der Waals surface area (Å²) < 4.78 is 5.21. The summed E-state index contributed by atoms with van der Waals surface area (Å²) in [5.41, 5.74) is 6.94. The van der Waals surface area contributed by atoms with Crippen LogP contribution < -0.4 is 72.0 Å². The summed E-state index contributed by atoms with van der Waals surface area (Å²) in [7, 11) is 14.7. The summed E-state index contributed by atoms with van der Waals surface area (Å²) in [6, 6.07) is 39.8. The first-order valence-electron chi connectivity index (χ1n) is 28.6. The molecule has 6 aliphatic rings. The lowest BCUT2D eigenvalue weighted by atomic mass is 10.1. The predicted octanol–water partition coefficient (Wildman–Crippen LogP) is -9.27. The minimum absolute atomic E-state index is 0. The Kier molecular flexibility index (Phi) is 48.3. The smallest absolute Gasteiger partial charge is 0.430 e. The molecular formula is C63H101Cl5N15O-5. The van der Waals surface area contributed by atoms with Gasteiger partial charge in [-0.3, -0.25) is 58.8 Å². The zero-order valence-corrected chi connectivity index (χ0v) is 55.9. The summed E-state index contributed by atoms with van der Waals surface area (Å²) in [5.74, 6) is 0.944. The zero-order valence-electron chi connectivity index (χ0n) is 52.1. The number of unbranched alkanes of at least 4 members (excludes halogenated alkanes) is 1. The standard InChI is InChI=1S/C12H18N2O.C12H18N2.2C11H16N2.C8H18N2.C7H14N2.C2N3.5ClH/c1-13-6-7-14(10-13)9-11-4-3-5-12(8-11)15-2;1-11-4-3-5-12(8-11)9-14-7-6-13(2)10-14;2*1-12-7-8-13(10-12)9-11-5-3-2-4-6-11;1-3-4-5-10-7-6-9(2)8-10;1-3-4-9-6-5-8(2)7-9;3-1-5-2-4;;;;;/h3-5,8H,6-7,9-10H2,1-2H3;3-5,8H,6-7,9-10H2,1-2H3;2*2-6H,7-10H2,1H3;3-8H2,1-2H3;3H,1,4-7H2,2H3;;5*1H/q;;;;;;-1;;;;;/p-4. The second-order valence-corrected chi connectivity index (χ2v) is 22.0. The summed E-state index contributed by atoms with van der Waals surface area (Å²) in [5, 5.41) is 13.4. The monoisotopic (exact) mass is 1260 g/mol. The van der Waals surface area contributed by atoms with Gasteiger partial charge in [-0.25, -0.2) is 5.26 Å². The lowest BCUT2D eigenvalue weighted by molar-refractivity contribution is -0.0933. The maximum Gasteiger partial charge on any atom is 0.430 e. The highest BCUT2D eigenvalue weighted by Crippen LogP contribution is 2.16. The van der Waals surface area contributed by atoms with Crippen molar-refractivity contribution in [2.24, 2.45) is 4.99 Å². The molecule has 10 rings (SSSR count). The Morgan fingerprint density at radius 3 is 1.14 bits per heavy atom. The minimum atomic E-state index is 0. The molecule has 16 nitrogen and oxygen atoms in total. The first-order chi connectivity index (χ1) is 38.3. The molecule has 0 aliphatic carbocycles. The van der Waals surface area contributed by atoms with E-state index in [-0.39, 0.29) is 62.0 Å². The maximum absolute atomic E-state index is 7.47. The van der Waals surface area contributed by atoms with Crippen molar-refractivity contribution in [1.82, 2.24) is 58.8 Å². The van der Waals surface area contributed by atoms with E-state index in [1.54, 1.807) is 7.11 Å². The van der Waals surface area contributed by atoms with Crippen molar-refractivity contribution in [2.75, 3.05) is 181 Å². The number of hydrogen-bond acceptors (Lipinski definition) is 14. The van der Waals surface area contributed by atoms with E-state index < -0.39 is 0 Å². The lowest BCUT2D eigenvalue weighted by Gasteiger charge is -2.15. The van der Waals surface area contributed by atoms with Crippen LogP contribution in [0.25, 0.3) is 5.41 Å². The number of rotatable bonds is 14. The molecule has 0 unspecified atom stereocenters. The van der Waals surface area contributed by atoms with Crippen LogP contribution in [0.5, 0.6) is 5.75 Å². The fourth-order valence-corrected chi connectivity index (χ4v) is 9.99. The second-order valence-electron chi connectivity index (χ2n) is 22.0. The Labute approximate surface area is 539 Å². The van der Waals surface area contributed by atoms with E-state index in [2.05, 4.69) is 224 Å². The number of ether oxygens (including phenoxy) is 1. The Hall–Kier alpha value is -3.74. The Balaban J connectivity index is 0. The van der Waals surface area contributed by atoms with Crippen molar-refractivity contribution >= 4 is 6.01 Å². The number of nitrogens with zero attached hydrogens (tertiary/aromatic N) is 14. The van der Waals surface area contributed by atoms with E-state index in [4.69, 9.17) is 15.4 Å². The van der Waals surface area contributed by atoms with Gasteiger partial charge in [0.25, 0.3) is 0 Å². The van der Waals surface area contributed by atoms with Gasteiger partial charge in [0.15, 0.2) is 0 Å². The number of benzene rings is 4. The summed E-state index contributed by atoms with van der Waals surface area (Å²) in [6.45, 7) is 35.8. The van der Waals surface area contributed by atoms with Crippen LogP contribution in [0.2, 0.25) is 0 Å². The molecule has 474 valence electrons. The van der Waals surface area contributed by atoms with Crippen molar-refractivity contribution in [2.45, 2.75) is 52.9 Å². The molecule has 0 aromatic heterocycles. The summed E-state index contributed by atoms with van der Waals surface area (Å²) in [6.07, 6.45) is 6.16. The fraction of sp³-hybridized carbons (Fsp3) is 0.556. The molecule has 6 fully saturated rings. The van der Waals surface area contributed by atoms with E-state index in [0.717, 1.165) is 78.4 Å². The summed E-state index contributed by atoms with van der Waals surface area (Å²) >= 11 is 0. The lowest BCUT2D eigenvalue weighted by Crippen LogP contribution is -3.00. The van der Waals surface area contributed by atoms with Gasteiger partial charge in [-0.05, 0) is 96.6 Å². The second kappa shape index (κ2) is 49.3. The normalized spacial score (nSPS) is 17.8. The molecule has 21 heteroatoms. The van der Waals surface area contributed by atoms with Crippen molar-refractivity contribution in [1.29, 1.82) is 0 Å². The molecule has 6 saturated heterocycles. The van der Waals surface area contributed by atoms with Gasteiger partial charge in [0.1, 0.15) is 11.8 Å². The van der Waals surface area contributed by atoms with Gasteiger partial charge >= 0.3 is 6.19 Å². The number of aryl methyl sites for hydroxylation is 1. The Morgan fingerprint density at radius 1 is 0.488 bits per heavy atom. The molecule has 0 saturated carbocycles. The first kappa shape index (κ1) is 82.3. The fourth-order valence-electron chi connectivity index (χ4n) is 9.99. The SMILES string of the molecule is C=CCN1CCN(C)C1.CCCCN1CCN(C)C1.CN1CCN(Cc2ccccc2)C1.CN1CCN(Cc2ccccc2)C1.COc1cccc(CN2CCN(C)C2)c1.Cc1cccc(CN2CCN(C)C2)c1.[Cl-].[Cl-].[Cl-].[Cl-].[Cl-].[N-]=C=NC#[NH+]. The van der Waals surface area contributed by atoms with Crippen LogP contribution in [0, 0.1) is 13.1 Å². The molecule has 0 bridgehead atoms. The maximum atomic E-state index is 7.47. The van der Waals surface area contributed by atoms with E-state index in [1.165, 1.54) is 138 Å². The van der Waals surface area contributed by atoms with Crippen LogP contribution in [0.3, 0.4) is 0 Å². The molecule has 6 heterocycles. The van der Waals surface area contributed by atoms with Crippen molar-refractivity contribution < 1.29 is 72.0 Å². The quantitative estimate of drug-likeness (QED) is 0.0736. The largest absolute Gasteiger partial charge is 1.00 e. The van der Waals surface area contributed by atoms with Crippen LogP contribution in [0.15, 0.2) is 127 Å². The van der Waals surface area contributed by atoms with Gasteiger partial charge in [-0.1, -0.05) is 122 Å².